The molecule has 0 unspecified atom stereocenters. The van der Waals surface area contributed by atoms with Crippen molar-refractivity contribution in [2.45, 2.75) is 0 Å². The van der Waals surface area contributed by atoms with Crippen molar-refractivity contribution < 1.29 is 9.37 Å². The van der Waals surface area contributed by atoms with Crippen molar-refractivity contribution in [2.75, 3.05) is 36.4 Å². The van der Waals surface area contributed by atoms with Crippen LogP contribution in [0, 0.1) is 5.82 Å². The second-order valence-electron chi connectivity index (χ2n) is 5.28. The summed E-state index contributed by atoms with van der Waals surface area (Å²) >= 11 is 11.2. The summed E-state index contributed by atoms with van der Waals surface area (Å²) in [6.07, 6.45) is 1.92. The molecule has 120 valence electrons. The Labute approximate surface area is 144 Å². The van der Waals surface area contributed by atoms with E-state index in [9.17, 15) is 4.39 Å². The molecule has 1 aromatic carbocycles. The van der Waals surface area contributed by atoms with Gasteiger partial charge in [-0.05, 0) is 36.5 Å². The van der Waals surface area contributed by atoms with Crippen LogP contribution in [0.4, 0.5) is 15.9 Å². The van der Waals surface area contributed by atoms with Gasteiger partial charge in [-0.25, -0.2) is 9.37 Å². The fourth-order valence-corrected chi connectivity index (χ4v) is 2.99. The Balaban J connectivity index is 1.57. The number of nitrogens with one attached hydrogen (secondary N) is 2. The molecule has 3 rings (SSSR count). The predicted octanol–water partition coefficient (Wildman–Crippen LogP) is 2.81. The van der Waals surface area contributed by atoms with Crippen LogP contribution in [-0.2, 0) is 0 Å². The molecule has 0 radical (unpaired) electrons. The molecule has 0 aliphatic carbocycles. The van der Waals surface area contributed by atoms with Crippen molar-refractivity contribution in [1.29, 1.82) is 0 Å². The molecule has 7 heteroatoms. The van der Waals surface area contributed by atoms with Crippen molar-refractivity contribution in [1.82, 2.24) is 4.90 Å². The molecular formula is C16H17ClFN4S+. The number of nitrogens with zero attached hydrogens (tertiary/aromatic N) is 2. The third-order valence-corrected chi connectivity index (χ3v) is 4.42. The molecule has 2 N–H and O–H groups in total. The normalized spacial score (nSPS) is 14.7. The van der Waals surface area contributed by atoms with E-state index in [1.807, 2.05) is 18.3 Å². The Kier molecular flexibility index (Phi) is 4.93. The number of hydrogen-bond acceptors (Lipinski definition) is 2. The molecule has 23 heavy (non-hydrogen) atoms. The van der Waals surface area contributed by atoms with E-state index in [4.69, 9.17) is 23.8 Å². The Morgan fingerprint density at radius 1 is 1.17 bits per heavy atom. The summed E-state index contributed by atoms with van der Waals surface area (Å²) in [4.78, 5) is 7.63. The zero-order chi connectivity index (χ0) is 16.2. The maximum absolute atomic E-state index is 13.2. The van der Waals surface area contributed by atoms with Crippen molar-refractivity contribution >= 4 is 40.4 Å². The highest BCUT2D eigenvalue weighted by Crippen LogP contribution is 2.20. The van der Waals surface area contributed by atoms with E-state index >= 15 is 0 Å². The third kappa shape index (κ3) is 3.89. The first kappa shape index (κ1) is 16.0. The Hall–Kier alpha value is -1.92. The van der Waals surface area contributed by atoms with Gasteiger partial charge in [-0.15, -0.1) is 0 Å². The van der Waals surface area contributed by atoms with E-state index in [1.165, 1.54) is 6.07 Å². The smallest absolute Gasteiger partial charge is 0.274 e. The molecule has 0 saturated carbocycles. The average molecular weight is 352 g/mol. The van der Waals surface area contributed by atoms with Crippen LogP contribution in [0.2, 0.25) is 5.02 Å². The maximum atomic E-state index is 13.2. The summed E-state index contributed by atoms with van der Waals surface area (Å²) in [5.41, 5.74) is 0.695. The van der Waals surface area contributed by atoms with E-state index in [2.05, 4.69) is 26.2 Å². The van der Waals surface area contributed by atoms with Crippen molar-refractivity contribution in [3.63, 3.8) is 0 Å². The van der Waals surface area contributed by atoms with Crippen LogP contribution in [0.3, 0.4) is 0 Å². The van der Waals surface area contributed by atoms with Gasteiger partial charge in [0.15, 0.2) is 5.11 Å². The van der Waals surface area contributed by atoms with Crippen LogP contribution in [0.25, 0.3) is 0 Å². The number of halogens is 2. The predicted molar refractivity (Wildman–Crippen MR) is 94.4 cm³/mol. The Morgan fingerprint density at radius 3 is 2.61 bits per heavy atom. The molecule has 2 aromatic rings. The fourth-order valence-electron chi connectivity index (χ4n) is 2.51. The van der Waals surface area contributed by atoms with E-state index in [0.29, 0.717) is 10.8 Å². The molecule has 1 fully saturated rings. The lowest BCUT2D eigenvalue weighted by molar-refractivity contribution is -0.364. The number of aromatic nitrogens is 1. The van der Waals surface area contributed by atoms with Crippen molar-refractivity contribution in [2.24, 2.45) is 0 Å². The van der Waals surface area contributed by atoms with Gasteiger partial charge in [0.05, 0.1) is 24.3 Å². The highest BCUT2D eigenvalue weighted by Gasteiger charge is 2.24. The molecular weight excluding hydrogens is 335 g/mol. The largest absolute Gasteiger partial charge is 0.341 e. The van der Waals surface area contributed by atoms with E-state index < -0.39 is 5.82 Å². The highest BCUT2D eigenvalue weighted by atomic mass is 35.5. The number of benzene rings is 1. The maximum Gasteiger partial charge on any atom is 0.274 e. The van der Waals surface area contributed by atoms with E-state index in [1.54, 1.807) is 12.1 Å². The SMILES string of the molecule is Fc1ccc(NC(=S)N2CCN(c3cccc[nH+]3)CC2)cc1Cl. The van der Waals surface area contributed by atoms with Crippen LogP contribution in [0.1, 0.15) is 0 Å². The first-order valence-corrected chi connectivity index (χ1v) is 8.15. The lowest BCUT2D eigenvalue weighted by Crippen LogP contribution is -2.51. The molecule has 0 spiro atoms. The summed E-state index contributed by atoms with van der Waals surface area (Å²) in [6, 6.07) is 10.5. The van der Waals surface area contributed by atoms with Crippen LogP contribution in [0.5, 0.6) is 0 Å². The van der Waals surface area contributed by atoms with Crippen LogP contribution in [0.15, 0.2) is 42.6 Å². The molecule has 1 aliphatic heterocycles. The lowest BCUT2D eigenvalue weighted by atomic mass is 10.3. The Bertz CT molecular complexity index is 690. The molecule has 0 bridgehead atoms. The number of aromatic amines is 1. The average Bonchev–Trinajstić information content (AvgIpc) is 2.59. The third-order valence-electron chi connectivity index (χ3n) is 3.77. The summed E-state index contributed by atoms with van der Waals surface area (Å²) < 4.78 is 13.2. The minimum atomic E-state index is -0.434. The summed E-state index contributed by atoms with van der Waals surface area (Å²) in [5, 5.41) is 3.83. The summed E-state index contributed by atoms with van der Waals surface area (Å²) in [5.74, 6) is 0.673. The minimum Gasteiger partial charge on any atom is -0.341 e. The van der Waals surface area contributed by atoms with Gasteiger partial charge >= 0.3 is 0 Å². The number of thiocarbonyl (C=S) groups is 1. The molecule has 2 heterocycles. The molecule has 0 atom stereocenters. The highest BCUT2D eigenvalue weighted by molar-refractivity contribution is 7.80. The number of rotatable bonds is 2. The second-order valence-corrected chi connectivity index (χ2v) is 6.07. The standard InChI is InChI=1S/C16H16ClFN4S/c17-13-11-12(4-5-14(13)18)20-16(23)22-9-7-21(8-10-22)15-3-1-2-6-19-15/h1-6,11H,7-10H2,(H,20,23)/p+1. The zero-order valence-electron chi connectivity index (χ0n) is 12.4. The second kappa shape index (κ2) is 7.10. The van der Waals surface area contributed by atoms with Crippen LogP contribution >= 0.6 is 23.8 Å². The number of hydrogen-bond donors (Lipinski definition) is 1. The lowest BCUT2D eigenvalue weighted by Gasteiger charge is -2.32. The van der Waals surface area contributed by atoms with Gasteiger partial charge in [0, 0.05) is 11.8 Å². The van der Waals surface area contributed by atoms with Gasteiger partial charge in [0.2, 0.25) is 0 Å². The molecule has 1 saturated heterocycles. The van der Waals surface area contributed by atoms with Gasteiger partial charge in [-0.3, -0.25) is 4.90 Å². The van der Waals surface area contributed by atoms with Gasteiger partial charge in [0.1, 0.15) is 18.9 Å². The van der Waals surface area contributed by atoms with Crippen molar-refractivity contribution in [3.05, 3.63) is 53.4 Å². The van der Waals surface area contributed by atoms with Gasteiger partial charge < -0.3 is 10.2 Å². The summed E-state index contributed by atoms with van der Waals surface area (Å²) in [6.45, 7) is 3.41. The monoisotopic (exact) mass is 351 g/mol. The quantitative estimate of drug-likeness (QED) is 0.843. The minimum absolute atomic E-state index is 0.0854. The zero-order valence-corrected chi connectivity index (χ0v) is 14.0. The number of pyridine rings is 1. The number of piperazine rings is 1. The molecule has 1 aromatic heterocycles. The number of anilines is 2. The topological polar surface area (TPSA) is 32.6 Å². The van der Waals surface area contributed by atoms with Crippen LogP contribution in [-0.4, -0.2) is 36.2 Å². The van der Waals surface area contributed by atoms with Gasteiger partial charge in [-0.2, -0.15) is 0 Å². The summed E-state index contributed by atoms with van der Waals surface area (Å²) in [7, 11) is 0. The van der Waals surface area contributed by atoms with Crippen molar-refractivity contribution in [3.8, 4) is 0 Å². The fraction of sp³-hybridized carbons (Fsp3) is 0.250. The molecule has 1 aliphatic rings. The van der Waals surface area contributed by atoms with E-state index in [0.717, 1.165) is 32.0 Å². The Morgan fingerprint density at radius 2 is 1.96 bits per heavy atom. The van der Waals surface area contributed by atoms with E-state index in [-0.39, 0.29) is 5.02 Å². The van der Waals surface area contributed by atoms with Crippen LogP contribution < -0.4 is 15.2 Å². The van der Waals surface area contributed by atoms with Gasteiger partial charge in [-0.1, -0.05) is 17.7 Å². The molecule has 4 nitrogen and oxygen atoms in total. The first-order chi connectivity index (χ1) is 11.1. The first-order valence-electron chi connectivity index (χ1n) is 7.36. The number of H-pyrrole nitrogens is 1. The molecule has 0 amide bonds. The van der Waals surface area contributed by atoms with Gasteiger partial charge in [0.25, 0.3) is 5.82 Å².